The number of amides is 3. The van der Waals surface area contributed by atoms with Crippen LogP contribution in [0.5, 0.6) is 0 Å². The van der Waals surface area contributed by atoms with Crippen LogP contribution in [0.1, 0.15) is 25.0 Å². The second-order valence-corrected chi connectivity index (χ2v) is 5.81. The van der Waals surface area contributed by atoms with Gasteiger partial charge in [-0.15, -0.1) is 0 Å². The van der Waals surface area contributed by atoms with E-state index < -0.39 is 5.91 Å². The molecule has 0 unspecified atom stereocenters. The number of nitrogens with one attached hydrogen (secondary N) is 3. The molecule has 6 nitrogen and oxygen atoms in total. The van der Waals surface area contributed by atoms with Crippen molar-refractivity contribution in [1.29, 1.82) is 0 Å². The highest BCUT2D eigenvalue weighted by Crippen LogP contribution is 2.21. The molecule has 0 aliphatic carbocycles. The summed E-state index contributed by atoms with van der Waals surface area (Å²) in [5.41, 5.74) is 2.91. The van der Waals surface area contributed by atoms with E-state index >= 15 is 0 Å². The zero-order valence-corrected chi connectivity index (χ0v) is 14.9. The van der Waals surface area contributed by atoms with Crippen molar-refractivity contribution < 1.29 is 14.4 Å². The van der Waals surface area contributed by atoms with Crippen LogP contribution in [0.2, 0.25) is 0 Å². The van der Waals surface area contributed by atoms with E-state index in [0.29, 0.717) is 11.4 Å². The summed E-state index contributed by atoms with van der Waals surface area (Å²) in [6.45, 7) is 4.62. The molecule has 0 heterocycles. The molecule has 134 valence electrons. The van der Waals surface area contributed by atoms with Crippen molar-refractivity contribution in [1.82, 2.24) is 5.32 Å². The first-order valence-corrected chi connectivity index (χ1v) is 8.09. The minimum Gasteiger partial charge on any atom is -0.326 e. The lowest BCUT2D eigenvalue weighted by atomic mass is 10.1. The summed E-state index contributed by atoms with van der Waals surface area (Å²) in [6, 6.07) is 14.4. The number of aryl methyl sites for hydroxylation is 1. The number of hydrogen-bond acceptors (Lipinski definition) is 3. The molecular formula is C20H21N3O3. The zero-order chi connectivity index (χ0) is 19.1. The molecule has 0 saturated heterocycles. The van der Waals surface area contributed by atoms with Crippen molar-refractivity contribution in [3.8, 4) is 0 Å². The third-order valence-electron chi connectivity index (χ3n) is 3.47. The van der Waals surface area contributed by atoms with E-state index in [1.165, 1.54) is 13.8 Å². The normalized spacial score (nSPS) is 10.8. The van der Waals surface area contributed by atoms with Gasteiger partial charge in [0.15, 0.2) is 0 Å². The molecule has 3 amide bonds. The van der Waals surface area contributed by atoms with E-state index in [9.17, 15) is 14.4 Å². The minimum atomic E-state index is -0.457. The van der Waals surface area contributed by atoms with Gasteiger partial charge in [-0.1, -0.05) is 36.4 Å². The molecule has 0 spiro atoms. The Morgan fingerprint density at radius 3 is 2.19 bits per heavy atom. The Bertz CT molecular complexity index is 858. The van der Waals surface area contributed by atoms with Crippen molar-refractivity contribution >= 4 is 35.2 Å². The largest absolute Gasteiger partial charge is 0.326 e. The van der Waals surface area contributed by atoms with E-state index in [1.807, 2.05) is 37.3 Å². The van der Waals surface area contributed by atoms with Crippen molar-refractivity contribution in [2.75, 3.05) is 10.6 Å². The summed E-state index contributed by atoms with van der Waals surface area (Å²) in [5.74, 6) is -0.994. The summed E-state index contributed by atoms with van der Waals surface area (Å²) < 4.78 is 0. The van der Waals surface area contributed by atoms with Gasteiger partial charge in [-0.25, -0.2) is 0 Å². The van der Waals surface area contributed by atoms with Crippen molar-refractivity contribution in [3.05, 3.63) is 65.4 Å². The van der Waals surface area contributed by atoms with E-state index in [0.717, 1.165) is 11.1 Å². The van der Waals surface area contributed by atoms with Crippen molar-refractivity contribution in [2.45, 2.75) is 20.8 Å². The predicted molar refractivity (Wildman–Crippen MR) is 102 cm³/mol. The molecule has 0 aromatic heterocycles. The maximum absolute atomic E-state index is 12.6. The van der Waals surface area contributed by atoms with Crippen LogP contribution in [0.15, 0.2) is 54.2 Å². The van der Waals surface area contributed by atoms with Gasteiger partial charge in [-0.3, -0.25) is 14.4 Å². The third-order valence-corrected chi connectivity index (χ3v) is 3.47. The third kappa shape index (κ3) is 5.59. The van der Waals surface area contributed by atoms with Gasteiger partial charge < -0.3 is 16.0 Å². The number of rotatable bonds is 5. The van der Waals surface area contributed by atoms with Crippen LogP contribution >= 0.6 is 0 Å². The first-order chi connectivity index (χ1) is 12.3. The molecule has 0 fully saturated rings. The van der Waals surface area contributed by atoms with Gasteiger partial charge >= 0.3 is 0 Å². The molecule has 0 saturated carbocycles. The van der Waals surface area contributed by atoms with E-state index in [-0.39, 0.29) is 17.5 Å². The molecular weight excluding hydrogens is 330 g/mol. The fraction of sp³-hybridized carbons (Fsp3) is 0.150. The lowest BCUT2D eigenvalue weighted by Crippen LogP contribution is -2.29. The summed E-state index contributed by atoms with van der Waals surface area (Å²) in [4.78, 5) is 35.3. The highest BCUT2D eigenvalue weighted by atomic mass is 16.2. The quantitative estimate of drug-likeness (QED) is 0.724. The van der Waals surface area contributed by atoms with Crippen LogP contribution in [0.25, 0.3) is 6.08 Å². The molecule has 0 atom stereocenters. The molecule has 2 aromatic carbocycles. The average Bonchev–Trinajstić information content (AvgIpc) is 2.57. The number of anilines is 2. The number of hydrogen-bond donors (Lipinski definition) is 3. The maximum Gasteiger partial charge on any atom is 0.272 e. The minimum absolute atomic E-state index is 0.130. The molecule has 0 radical (unpaired) electrons. The van der Waals surface area contributed by atoms with Crippen LogP contribution in [-0.2, 0) is 14.4 Å². The van der Waals surface area contributed by atoms with Gasteiger partial charge in [0.1, 0.15) is 5.70 Å². The van der Waals surface area contributed by atoms with Crippen LogP contribution in [-0.4, -0.2) is 17.7 Å². The fourth-order valence-corrected chi connectivity index (χ4v) is 2.29. The molecule has 6 heteroatoms. The lowest BCUT2D eigenvalue weighted by Gasteiger charge is -2.12. The van der Waals surface area contributed by atoms with Crippen LogP contribution < -0.4 is 16.0 Å². The van der Waals surface area contributed by atoms with E-state index in [2.05, 4.69) is 16.0 Å². The Labute approximate surface area is 152 Å². The molecule has 26 heavy (non-hydrogen) atoms. The number of benzene rings is 2. The van der Waals surface area contributed by atoms with E-state index in [1.54, 1.807) is 24.3 Å². The number of carbonyl (C=O) groups excluding carboxylic acids is 3. The zero-order valence-electron chi connectivity index (χ0n) is 14.9. The Balaban J connectivity index is 2.25. The average molecular weight is 351 g/mol. The van der Waals surface area contributed by atoms with Gasteiger partial charge in [-0.05, 0) is 36.3 Å². The Morgan fingerprint density at radius 1 is 0.885 bits per heavy atom. The van der Waals surface area contributed by atoms with Crippen molar-refractivity contribution in [2.24, 2.45) is 0 Å². The van der Waals surface area contributed by atoms with E-state index in [4.69, 9.17) is 0 Å². The maximum atomic E-state index is 12.6. The molecule has 0 aliphatic heterocycles. The molecule has 0 bridgehead atoms. The molecule has 3 N–H and O–H groups in total. The summed E-state index contributed by atoms with van der Waals surface area (Å²) in [7, 11) is 0. The van der Waals surface area contributed by atoms with Gasteiger partial charge in [0.2, 0.25) is 11.8 Å². The standard InChI is InChI=1S/C20H21N3O3/c1-13-9-10-17(12-18(13)21-14(2)24)23-20(26)19(22-15(3)25)11-16-7-5-4-6-8-16/h4-12H,1-3H3,(H,21,24)(H,22,25)(H,23,26)/b19-11-. The first-order valence-electron chi connectivity index (χ1n) is 8.09. The van der Waals surface area contributed by atoms with Gasteiger partial charge in [-0.2, -0.15) is 0 Å². The topological polar surface area (TPSA) is 87.3 Å². The summed E-state index contributed by atoms with van der Waals surface area (Å²) in [6.07, 6.45) is 1.60. The molecule has 2 aromatic rings. The van der Waals surface area contributed by atoms with Crippen LogP contribution in [0.4, 0.5) is 11.4 Å². The van der Waals surface area contributed by atoms with Crippen LogP contribution in [0, 0.1) is 6.92 Å². The lowest BCUT2D eigenvalue weighted by molar-refractivity contribution is -0.120. The van der Waals surface area contributed by atoms with Gasteiger partial charge in [0, 0.05) is 25.2 Å². The Hall–Kier alpha value is -3.41. The second kappa shape index (κ2) is 8.62. The van der Waals surface area contributed by atoms with Gasteiger partial charge in [0.05, 0.1) is 0 Å². The number of carbonyl (C=O) groups is 3. The monoisotopic (exact) mass is 351 g/mol. The Morgan fingerprint density at radius 2 is 1.58 bits per heavy atom. The SMILES string of the molecule is CC(=O)N/C(=C\c1ccccc1)C(=O)Nc1ccc(C)c(NC(C)=O)c1. The molecule has 2 rings (SSSR count). The van der Waals surface area contributed by atoms with Gasteiger partial charge in [0.25, 0.3) is 5.91 Å². The highest BCUT2D eigenvalue weighted by molar-refractivity contribution is 6.08. The predicted octanol–water partition coefficient (Wildman–Crippen LogP) is 3.07. The summed E-state index contributed by atoms with van der Waals surface area (Å²) in [5, 5.41) is 8.00. The second-order valence-electron chi connectivity index (χ2n) is 5.81. The summed E-state index contributed by atoms with van der Waals surface area (Å²) >= 11 is 0. The van der Waals surface area contributed by atoms with Crippen molar-refractivity contribution in [3.63, 3.8) is 0 Å². The molecule has 0 aliphatic rings. The smallest absolute Gasteiger partial charge is 0.272 e. The fourth-order valence-electron chi connectivity index (χ4n) is 2.29. The van der Waals surface area contributed by atoms with Crippen LogP contribution in [0.3, 0.4) is 0 Å². The Kier molecular flexibility index (Phi) is 6.27. The first kappa shape index (κ1) is 18.9. The highest BCUT2D eigenvalue weighted by Gasteiger charge is 2.12.